The van der Waals surface area contributed by atoms with Gasteiger partial charge in [-0.2, -0.15) is 0 Å². The van der Waals surface area contributed by atoms with E-state index in [0.29, 0.717) is 11.5 Å². The number of carbonyl (C=O) groups excluding carboxylic acids is 1. The van der Waals surface area contributed by atoms with E-state index in [2.05, 4.69) is 10.5 Å². The van der Waals surface area contributed by atoms with Gasteiger partial charge >= 0.3 is 0 Å². The van der Waals surface area contributed by atoms with Crippen LogP contribution in [0.15, 0.2) is 22.7 Å². The molecule has 0 saturated heterocycles. The number of nitrogens with two attached hydrogens (primary N) is 1. The quantitative estimate of drug-likeness (QED) is 0.506. The fraction of sp³-hybridized carbons (Fsp3) is 0.167. The van der Waals surface area contributed by atoms with Gasteiger partial charge in [-0.05, 0) is 13.0 Å². The summed E-state index contributed by atoms with van der Waals surface area (Å²) in [5, 5.41) is 17.1. The van der Waals surface area contributed by atoms with Gasteiger partial charge in [-0.3, -0.25) is 14.9 Å². The largest absolute Gasteiger partial charge is 0.392 e. The second kappa shape index (κ2) is 5.80. The summed E-state index contributed by atoms with van der Waals surface area (Å²) < 4.78 is 4.86. The second-order valence-corrected chi connectivity index (χ2v) is 4.67. The number of nitrogen functional groups attached to an aromatic ring is 1. The van der Waals surface area contributed by atoms with Crippen LogP contribution in [0.4, 0.5) is 11.4 Å². The minimum atomic E-state index is -0.695. The van der Waals surface area contributed by atoms with Crippen LogP contribution in [-0.2, 0) is 6.54 Å². The maximum absolute atomic E-state index is 12.0. The molecule has 1 heterocycles. The molecular formula is C12H11ClN4O4. The summed E-state index contributed by atoms with van der Waals surface area (Å²) in [6.07, 6.45) is 0. The molecule has 0 aliphatic carbocycles. The Kier molecular flexibility index (Phi) is 4.08. The first-order chi connectivity index (χ1) is 9.88. The Bertz CT molecular complexity index is 713. The minimum Gasteiger partial charge on any atom is -0.392 e. The van der Waals surface area contributed by atoms with Crippen molar-refractivity contribution in [3.8, 4) is 0 Å². The lowest BCUT2D eigenvalue weighted by Crippen LogP contribution is -2.23. The number of amides is 1. The van der Waals surface area contributed by atoms with Crippen LogP contribution in [0.3, 0.4) is 0 Å². The number of benzene rings is 1. The van der Waals surface area contributed by atoms with Crippen molar-refractivity contribution in [3.05, 3.63) is 50.4 Å². The lowest BCUT2D eigenvalue weighted by molar-refractivity contribution is -0.383. The molecule has 1 amide bonds. The lowest BCUT2D eigenvalue weighted by atomic mass is 10.1. The number of nitrogens with one attached hydrogen (secondary N) is 1. The summed E-state index contributed by atoms with van der Waals surface area (Å²) in [6.45, 7) is 1.85. The molecule has 1 aromatic carbocycles. The van der Waals surface area contributed by atoms with Gasteiger partial charge in [-0.1, -0.05) is 16.8 Å². The molecule has 0 aliphatic rings. The zero-order valence-electron chi connectivity index (χ0n) is 10.9. The van der Waals surface area contributed by atoms with Crippen LogP contribution in [0.2, 0.25) is 5.02 Å². The van der Waals surface area contributed by atoms with Gasteiger partial charge in [0.1, 0.15) is 17.1 Å². The molecule has 110 valence electrons. The summed E-state index contributed by atoms with van der Waals surface area (Å²) in [5.74, 6) is 0.0890. The van der Waals surface area contributed by atoms with Crippen molar-refractivity contribution >= 4 is 28.9 Å². The number of hydrogen-bond acceptors (Lipinski definition) is 6. The first-order valence-electron chi connectivity index (χ1n) is 5.82. The van der Waals surface area contributed by atoms with Crippen LogP contribution in [0.5, 0.6) is 0 Å². The molecule has 1 aromatic heterocycles. The van der Waals surface area contributed by atoms with Crippen molar-refractivity contribution in [1.29, 1.82) is 0 Å². The molecule has 0 radical (unpaired) electrons. The van der Waals surface area contributed by atoms with Gasteiger partial charge in [-0.15, -0.1) is 0 Å². The number of nitrogens with zero attached hydrogens (tertiary/aromatic N) is 2. The molecule has 2 rings (SSSR count). The number of aryl methyl sites for hydroxylation is 1. The maximum atomic E-state index is 12.0. The molecule has 0 aliphatic heterocycles. The van der Waals surface area contributed by atoms with Crippen molar-refractivity contribution in [2.24, 2.45) is 0 Å². The molecule has 8 nitrogen and oxygen atoms in total. The number of aromatic nitrogens is 1. The Labute approximate surface area is 124 Å². The van der Waals surface area contributed by atoms with E-state index in [1.165, 1.54) is 6.07 Å². The highest BCUT2D eigenvalue weighted by Crippen LogP contribution is 2.30. The molecule has 0 saturated carbocycles. The molecule has 21 heavy (non-hydrogen) atoms. The molecule has 0 atom stereocenters. The average Bonchev–Trinajstić information content (AvgIpc) is 2.84. The Balaban J connectivity index is 2.17. The molecule has 0 spiro atoms. The second-order valence-electron chi connectivity index (χ2n) is 4.26. The number of nitro benzene ring substituents is 1. The molecule has 0 unspecified atom stereocenters. The molecule has 0 bridgehead atoms. The third-order valence-electron chi connectivity index (χ3n) is 2.67. The van der Waals surface area contributed by atoms with Gasteiger partial charge in [0.2, 0.25) is 0 Å². The van der Waals surface area contributed by atoms with Gasteiger partial charge in [0.15, 0.2) is 0 Å². The van der Waals surface area contributed by atoms with Crippen molar-refractivity contribution in [1.82, 2.24) is 10.5 Å². The standard InChI is InChI=1S/C12H11ClN4O4/c1-6-2-8(16-21-6)5-15-12(18)7-3-9(13)11(14)10(4-7)17(19)20/h2-4H,5,14H2,1H3,(H,15,18). The Morgan fingerprint density at radius 1 is 1.52 bits per heavy atom. The van der Waals surface area contributed by atoms with Gasteiger partial charge in [0.05, 0.1) is 16.5 Å². The number of carbonyl (C=O) groups is 1. The summed E-state index contributed by atoms with van der Waals surface area (Å²) in [5.41, 5.74) is 5.49. The van der Waals surface area contributed by atoms with E-state index in [-0.39, 0.29) is 22.8 Å². The smallest absolute Gasteiger partial charge is 0.294 e. The number of halogens is 1. The number of anilines is 1. The minimum absolute atomic E-state index is 0.0427. The van der Waals surface area contributed by atoms with E-state index in [0.717, 1.165) is 6.07 Å². The molecular weight excluding hydrogens is 300 g/mol. The zero-order valence-corrected chi connectivity index (χ0v) is 11.7. The number of hydrogen-bond donors (Lipinski definition) is 2. The zero-order chi connectivity index (χ0) is 15.6. The van der Waals surface area contributed by atoms with Crippen LogP contribution >= 0.6 is 11.6 Å². The lowest BCUT2D eigenvalue weighted by Gasteiger charge is -2.06. The SMILES string of the molecule is Cc1cc(CNC(=O)c2cc(Cl)c(N)c([N+](=O)[O-])c2)no1. The van der Waals surface area contributed by atoms with E-state index in [1.54, 1.807) is 13.0 Å². The normalized spacial score (nSPS) is 10.4. The third-order valence-corrected chi connectivity index (χ3v) is 2.99. The van der Waals surface area contributed by atoms with Gasteiger partial charge in [0, 0.05) is 17.7 Å². The fourth-order valence-electron chi connectivity index (χ4n) is 1.66. The van der Waals surface area contributed by atoms with Gasteiger partial charge < -0.3 is 15.6 Å². The summed E-state index contributed by atoms with van der Waals surface area (Å²) >= 11 is 5.79. The van der Waals surface area contributed by atoms with Gasteiger partial charge in [-0.25, -0.2) is 0 Å². The predicted octanol–water partition coefficient (Wildman–Crippen LogP) is 2.06. The van der Waals surface area contributed by atoms with Crippen LogP contribution in [0, 0.1) is 17.0 Å². The van der Waals surface area contributed by atoms with Crippen LogP contribution in [0.25, 0.3) is 0 Å². The van der Waals surface area contributed by atoms with Crippen molar-refractivity contribution < 1.29 is 14.2 Å². The first kappa shape index (κ1) is 14.8. The summed E-state index contributed by atoms with van der Waals surface area (Å²) in [6, 6.07) is 4.01. The highest BCUT2D eigenvalue weighted by Gasteiger charge is 2.19. The topological polar surface area (TPSA) is 124 Å². The first-order valence-corrected chi connectivity index (χ1v) is 6.20. The van der Waals surface area contributed by atoms with Crippen LogP contribution in [0.1, 0.15) is 21.8 Å². The van der Waals surface area contributed by atoms with E-state index in [9.17, 15) is 14.9 Å². The average molecular weight is 311 g/mol. The monoisotopic (exact) mass is 310 g/mol. The van der Waals surface area contributed by atoms with Gasteiger partial charge in [0.25, 0.3) is 11.6 Å². The number of rotatable bonds is 4. The van der Waals surface area contributed by atoms with Crippen LogP contribution < -0.4 is 11.1 Å². The molecule has 9 heteroatoms. The van der Waals surface area contributed by atoms with E-state index in [1.807, 2.05) is 0 Å². The van der Waals surface area contributed by atoms with E-state index >= 15 is 0 Å². The Morgan fingerprint density at radius 3 is 2.81 bits per heavy atom. The molecule has 3 N–H and O–H groups in total. The molecule has 0 fully saturated rings. The van der Waals surface area contributed by atoms with Crippen molar-refractivity contribution in [2.45, 2.75) is 13.5 Å². The highest BCUT2D eigenvalue weighted by molar-refractivity contribution is 6.34. The number of nitro groups is 1. The van der Waals surface area contributed by atoms with E-state index < -0.39 is 16.5 Å². The predicted molar refractivity (Wildman–Crippen MR) is 74.9 cm³/mol. The Morgan fingerprint density at radius 2 is 2.24 bits per heavy atom. The highest BCUT2D eigenvalue weighted by atomic mass is 35.5. The van der Waals surface area contributed by atoms with Crippen molar-refractivity contribution in [3.63, 3.8) is 0 Å². The van der Waals surface area contributed by atoms with Crippen LogP contribution in [-0.4, -0.2) is 16.0 Å². The molecule has 2 aromatic rings. The fourth-order valence-corrected chi connectivity index (χ4v) is 1.87. The Hall–Kier alpha value is -2.61. The third kappa shape index (κ3) is 3.29. The summed E-state index contributed by atoms with van der Waals surface area (Å²) in [4.78, 5) is 22.1. The van der Waals surface area contributed by atoms with Crippen molar-refractivity contribution in [2.75, 3.05) is 5.73 Å². The maximum Gasteiger partial charge on any atom is 0.294 e. The van der Waals surface area contributed by atoms with E-state index in [4.69, 9.17) is 21.9 Å². The summed E-state index contributed by atoms with van der Waals surface area (Å²) in [7, 11) is 0.